The van der Waals surface area contributed by atoms with Gasteiger partial charge in [-0.1, -0.05) is 19.4 Å². The van der Waals surface area contributed by atoms with Crippen LogP contribution in [0.1, 0.15) is 55.5 Å². The lowest BCUT2D eigenvalue weighted by Gasteiger charge is -2.22. The zero-order chi connectivity index (χ0) is 19.3. The van der Waals surface area contributed by atoms with Crippen molar-refractivity contribution in [2.75, 3.05) is 25.4 Å². The van der Waals surface area contributed by atoms with E-state index in [1.807, 2.05) is 6.20 Å². The molecule has 4 rings (SSSR count). The van der Waals surface area contributed by atoms with Crippen LogP contribution in [-0.2, 0) is 6.42 Å². The summed E-state index contributed by atoms with van der Waals surface area (Å²) >= 11 is 0. The molecule has 4 heterocycles. The number of hydrogen-bond acceptors (Lipinski definition) is 7. The molecule has 1 aliphatic rings. The number of nitrogens with one attached hydrogen (secondary N) is 1. The number of ether oxygens (including phenoxy) is 1. The maximum absolute atomic E-state index is 6.04. The van der Waals surface area contributed by atoms with E-state index >= 15 is 0 Å². The van der Waals surface area contributed by atoms with Crippen LogP contribution in [0.5, 0.6) is 6.01 Å². The van der Waals surface area contributed by atoms with Crippen LogP contribution >= 0.6 is 0 Å². The van der Waals surface area contributed by atoms with Crippen LogP contribution in [0.3, 0.4) is 0 Å². The molecule has 0 bridgehead atoms. The Labute approximate surface area is 164 Å². The second-order valence-corrected chi connectivity index (χ2v) is 7.25. The fourth-order valence-corrected chi connectivity index (χ4v) is 3.54. The number of unbranched alkanes of at least 4 members (excludes halogenated alkanes) is 1. The van der Waals surface area contributed by atoms with Crippen molar-refractivity contribution in [3.63, 3.8) is 0 Å². The Morgan fingerprint density at radius 2 is 2.07 bits per heavy atom. The van der Waals surface area contributed by atoms with Gasteiger partial charge in [0, 0.05) is 18.3 Å². The Kier molecular flexibility index (Phi) is 5.66. The monoisotopic (exact) mass is 381 g/mol. The van der Waals surface area contributed by atoms with Crippen molar-refractivity contribution >= 4 is 11.5 Å². The standard InChI is InChI=1S/C20H27N7O/c1-2-3-10-28-20-25-18(21)19-24-13-17(27(19)26-20)11-16-5-4-15(12-23-16)14-6-8-22-9-7-14/h4-5,12-14,22H,2-3,6-11H2,1H3,(H2,21,25,26). The molecule has 0 atom stereocenters. The number of aromatic nitrogens is 5. The number of hydrogen-bond donors (Lipinski definition) is 2. The average molecular weight is 381 g/mol. The summed E-state index contributed by atoms with van der Waals surface area (Å²) in [6.45, 7) is 4.85. The first kappa shape index (κ1) is 18.6. The second-order valence-electron chi connectivity index (χ2n) is 7.25. The molecule has 8 nitrogen and oxygen atoms in total. The predicted molar refractivity (Wildman–Crippen MR) is 107 cm³/mol. The number of nitrogens with two attached hydrogens (primary N) is 1. The van der Waals surface area contributed by atoms with Crippen LogP contribution in [0, 0.1) is 0 Å². The Morgan fingerprint density at radius 3 is 2.82 bits per heavy atom. The molecule has 0 spiro atoms. The first-order valence-electron chi connectivity index (χ1n) is 10.0. The lowest BCUT2D eigenvalue weighted by molar-refractivity contribution is 0.280. The van der Waals surface area contributed by atoms with Crippen molar-refractivity contribution in [3.8, 4) is 6.01 Å². The lowest BCUT2D eigenvalue weighted by Crippen LogP contribution is -2.26. The van der Waals surface area contributed by atoms with Crippen molar-refractivity contribution in [2.45, 2.75) is 44.9 Å². The third kappa shape index (κ3) is 4.06. The van der Waals surface area contributed by atoms with Crippen LogP contribution in [0.2, 0.25) is 0 Å². The first-order chi connectivity index (χ1) is 13.7. The van der Waals surface area contributed by atoms with Crippen LogP contribution in [0.4, 0.5) is 5.82 Å². The first-order valence-corrected chi connectivity index (χ1v) is 10.0. The van der Waals surface area contributed by atoms with Crippen LogP contribution in [0.15, 0.2) is 24.5 Å². The van der Waals surface area contributed by atoms with Gasteiger partial charge in [0.05, 0.1) is 18.5 Å². The van der Waals surface area contributed by atoms with E-state index < -0.39 is 0 Å². The van der Waals surface area contributed by atoms with Gasteiger partial charge in [0.2, 0.25) is 0 Å². The molecule has 1 saturated heterocycles. The summed E-state index contributed by atoms with van der Waals surface area (Å²) in [5.74, 6) is 0.927. The number of imidazole rings is 1. The van der Waals surface area contributed by atoms with Crippen molar-refractivity contribution < 1.29 is 4.74 Å². The molecule has 3 N–H and O–H groups in total. The fraction of sp³-hybridized carbons (Fsp3) is 0.500. The van der Waals surface area contributed by atoms with Gasteiger partial charge in [-0.25, -0.2) is 9.50 Å². The van der Waals surface area contributed by atoms with Gasteiger partial charge in [-0.3, -0.25) is 4.98 Å². The second kappa shape index (κ2) is 8.52. The molecule has 0 amide bonds. The summed E-state index contributed by atoms with van der Waals surface area (Å²) in [7, 11) is 0. The van der Waals surface area contributed by atoms with Crippen LogP contribution in [0.25, 0.3) is 5.65 Å². The number of anilines is 1. The summed E-state index contributed by atoms with van der Waals surface area (Å²) in [6.07, 6.45) is 8.75. The number of rotatable bonds is 7. The molecular formula is C20H27N7O. The number of pyridine rings is 1. The van der Waals surface area contributed by atoms with Crippen LogP contribution in [-0.4, -0.2) is 44.3 Å². The van der Waals surface area contributed by atoms with Crippen molar-refractivity contribution in [1.29, 1.82) is 0 Å². The Bertz CT molecular complexity index is 916. The highest BCUT2D eigenvalue weighted by Gasteiger charge is 2.16. The Hall–Kier alpha value is -2.74. The van der Waals surface area contributed by atoms with Gasteiger partial charge in [0.15, 0.2) is 11.5 Å². The van der Waals surface area contributed by atoms with E-state index in [2.05, 4.69) is 44.4 Å². The Balaban J connectivity index is 1.52. The number of piperidine rings is 1. The van der Waals surface area contributed by atoms with Gasteiger partial charge in [0.25, 0.3) is 0 Å². The molecule has 1 fully saturated rings. The van der Waals surface area contributed by atoms with E-state index in [4.69, 9.17) is 10.5 Å². The molecular weight excluding hydrogens is 354 g/mol. The van der Waals surface area contributed by atoms with Crippen molar-refractivity contribution in [3.05, 3.63) is 41.5 Å². The molecule has 0 unspecified atom stereocenters. The molecule has 0 saturated carbocycles. The Morgan fingerprint density at radius 1 is 1.21 bits per heavy atom. The fourth-order valence-electron chi connectivity index (χ4n) is 3.54. The van der Waals surface area contributed by atoms with Gasteiger partial charge < -0.3 is 15.8 Å². The van der Waals surface area contributed by atoms with E-state index in [9.17, 15) is 0 Å². The third-order valence-electron chi connectivity index (χ3n) is 5.19. The smallest absolute Gasteiger partial charge is 0.336 e. The summed E-state index contributed by atoms with van der Waals surface area (Å²) in [5, 5.41) is 7.87. The SMILES string of the molecule is CCCCOc1nc(N)c2ncc(Cc3ccc(C4CCNCC4)cn3)n2n1. The molecule has 148 valence electrons. The minimum absolute atomic E-state index is 0.284. The lowest BCUT2D eigenvalue weighted by atomic mass is 9.91. The van der Waals surface area contributed by atoms with E-state index in [1.54, 1.807) is 10.7 Å². The molecule has 3 aromatic rings. The largest absolute Gasteiger partial charge is 0.462 e. The summed E-state index contributed by atoms with van der Waals surface area (Å²) in [6, 6.07) is 4.58. The molecule has 8 heteroatoms. The van der Waals surface area contributed by atoms with E-state index in [0.717, 1.165) is 37.3 Å². The normalized spacial score (nSPS) is 15.2. The zero-order valence-electron chi connectivity index (χ0n) is 16.3. The quantitative estimate of drug-likeness (QED) is 0.605. The zero-order valence-corrected chi connectivity index (χ0v) is 16.3. The van der Waals surface area contributed by atoms with Crippen molar-refractivity contribution in [1.82, 2.24) is 29.9 Å². The van der Waals surface area contributed by atoms with Gasteiger partial charge >= 0.3 is 6.01 Å². The van der Waals surface area contributed by atoms with Gasteiger partial charge in [-0.2, -0.15) is 4.98 Å². The van der Waals surface area contributed by atoms with Gasteiger partial charge in [-0.05, 0) is 49.9 Å². The van der Waals surface area contributed by atoms with E-state index in [-0.39, 0.29) is 6.01 Å². The molecule has 28 heavy (non-hydrogen) atoms. The summed E-state index contributed by atoms with van der Waals surface area (Å²) in [4.78, 5) is 13.2. The molecule has 3 aromatic heterocycles. The average Bonchev–Trinajstić information content (AvgIpc) is 3.13. The molecule has 0 aliphatic carbocycles. The summed E-state index contributed by atoms with van der Waals surface area (Å²) < 4.78 is 7.34. The number of fused-ring (bicyclic) bond motifs is 1. The van der Waals surface area contributed by atoms with Crippen molar-refractivity contribution in [2.24, 2.45) is 0 Å². The summed E-state index contributed by atoms with van der Waals surface area (Å²) in [5.41, 5.74) is 9.79. The molecule has 0 radical (unpaired) electrons. The highest BCUT2D eigenvalue weighted by atomic mass is 16.5. The maximum atomic E-state index is 6.04. The maximum Gasteiger partial charge on any atom is 0.336 e. The molecule has 1 aliphatic heterocycles. The third-order valence-corrected chi connectivity index (χ3v) is 5.19. The van der Waals surface area contributed by atoms with Crippen LogP contribution < -0.4 is 15.8 Å². The minimum Gasteiger partial charge on any atom is -0.462 e. The highest BCUT2D eigenvalue weighted by molar-refractivity contribution is 5.59. The van der Waals surface area contributed by atoms with Gasteiger partial charge in [0.1, 0.15) is 0 Å². The predicted octanol–water partition coefficient (Wildman–Crippen LogP) is 2.34. The number of nitrogen functional groups attached to an aromatic ring is 1. The van der Waals surface area contributed by atoms with E-state index in [0.29, 0.717) is 30.4 Å². The van der Waals surface area contributed by atoms with Gasteiger partial charge in [-0.15, -0.1) is 5.10 Å². The van der Waals surface area contributed by atoms with E-state index in [1.165, 1.54) is 18.4 Å². The minimum atomic E-state index is 0.284. The highest BCUT2D eigenvalue weighted by Crippen LogP contribution is 2.25. The topological polar surface area (TPSA) is 103 Å². The molecule has 0 aromatic carbocycles. The number of nitrogens with zero attached hydrogens (tertiary/aromatic N) is 5.